The molecule has 29 heavy (non-hydrogen) atoms. The van der Waals surface area contributed by atoms with Gasteiger partial charge in [0, 0.05) is 25.8 Å². The first-order chi connectivity index (χ1) is 13.5. The van der Waals surface area contributed by atoms with E-state index in [0.29, 0.717) is 18.5 Å². The predicted octanol–water partition coefficient (Wildman–Crippen LogP) is 0.959. The molecule has 0 unspecified atom stereocenters. The quantitative estimate of drug-likeness (QED) is 0.346. The Hall–Kier alpha value is -1.74. The number of esters is 2. The standard InChI is InChI=1S/C21H33NO7/c1-7-13(2)18(23)29-16-9-11-22-10-8-15(17(16)22)12-28-19(24)21(26,14(3)27-6)20(4,5)25/h7-8,14,16-17,25-26H,9-12H2,1-6H3/b13-7-/t14-,16+,17-,21-/m1/s1. The van der Waals surface area contributed by atoms with E-state index in [1.165, 1.54) is 27.9 Å². The molecule has 0 spiro atoms. The van der Waals surface area contributed by atoms with Crippen LogP contribution in [0.5, 0.6) is 0 Å². The number of carbonyl (C=O) groups is 2. The molecule has 8 nitrogen and oxygen atoms in total. The molecular weight excluding hydrogens is 378 g/mol. The van der Waals surface area contributed by atoms with Crippen LogP contribution < -0.4 is 0 Å². The maximum atomic E-state index is 12.7. The maximum Gasteiger partial charge on any atom is 0.344 e. The first-order valence-electron chi connectivity index (χ1n) is 9.89. The summed E-state index contributed by atoms with van der Waals surface area (Å²) in [5.74, 6) is -1.32. The highest BCUT2D eigenvalue weighted by atomic mass is 16.6. The monoisotopic (exact) mass is 411 g/mol. The number of allylic oxidation sites excluding steroid dienone is 1. The van der Waals surface area contributed by atoms with Gasteiger partial charge in [0.25, 0.3) is 0 Å². The summed E-state index contributed by atoms with van der Waals surface area (Å²) in [5, 5.41) is 21.2. The molecule has 8 heteroatoms. The van der Waals surface area contributed by atoms with Crippen LogP contribution in [0.3, 0.4) is 0 Å². The van der Waals surface area contributed by atoms with Crippen molar-refractivity contribution >= 4 is 11.9 Å². The summed E-state index contributed by atoms with van der Waals surface area (Å²) < 4.78 is 16.1. The van der Waals surface area contributed by atoms with E-state index >= 15 is 0 Å². The summed E-state index contributed by atoms with van der Waals surface area (Å²) in [4.78, 5) is 27.0. The van der Waals surface area contributed by atoms with E-state index in [9.17, 15) is 19.8 Å². The number of ether oxygens (including phenoxy) is 3. The van der Waals surface area contributed by atoms with Crippen LogP contribution in [0.15, 0.2) is 23.3 Å². The highest BCUT2D eigenvalue weighted by Crippen LogP contribution is 2.33. The second-order valence-electron chi connectivity index (χ2n) is 8.20. The lowest BCUT2D eigenvalue weighted by Crippen LogP contribution is -2.63. The largest absolute Gasteiger partial charge is 0.459 e. The second kappa shape index (κ2) is 8.95. The van der Waals surface area contributed by atoms with Gasteiger partial charge < -0.3 is 24.4 Å². The summed E-state index contributed by atoms with van der Waals surface area (Å²) in [7, 11) is 1.34. The normalized spacial score (nSPS) is 25.8. The van der Waals surface area contributed by atoms with Gasteiger partial charge in [-0.1, -0.05) is 12.2 Å². The number of methoxy groups -OCH3 is 1. The Kier molecular flexibility index (Phi) is 7.27. The summed E-state index contributed by atoms with van der Waals surface area (Å²) in [6.45, 7) is 9.03. The van der Waals surface area contributed by atoms with E-state index in [1.54, 1.807) is 19.9 Å². The zero-order valence-electron chi connectivity index (χ0n) is 18.1. The molecule has 164 valence electrons. The highest BCUT2D eigenvalue weighted by Gasteiger charge is 2.55. The number of fused-ring (bicyclic) bond motifs is 1. The number of hydrogen-bond donors (Lipinski definition) is 2. The number of aliphatic hydroxyl groups is 2. The van der Waals surface area contributed by atoms with Gasteiger partial charge in [-0.2, -0.15) is 0 Å². The van der Waals surface area contributed by atoms with E-state index in [4.69, 9.17) is 14.2 Å². The van der Waals surface area contributed by atoms with Crippen LogP contribution in [0, 0.1) is 0 Å². The van der Waals surface area contributed by atoms with Gasteiger partial charge in [-0.3, -0.25) is 4.90 Å². The van der Waals surface area contributed by atoms with Crippen molar-refractivity contribution in [2.45, 2.75) is 70.5 Å². The molecule has 0 amide bonds. The molecule has 0 aromatic carbocycles. The summed E-state index contributed by atoms with van der Waals surface area (Å²) in [6.07, 6.45) is 3.05. The molecule has 1 saturated heterocycles. The van der Waals surface area contributed by atoms with Crippen molar-refractivity contribution in [3.8, 4) is 0 Å². The first kappa shape index (κ1) is 23.5. The minimum atomic E-state index is -2.23. The van der Waals surface area contributed by atoms with E-state index in [1.807, 2.05) is 6.08 Å². The van der Waals surface area contributed by atoms with E-state index < -0.39 is 23.3 Å². The maximum absolute atomic E-state index is 12.7. The first-order valence-corrected chi connectivity index (χ1v) is 9.89. The third kappa shape index (κ3) is 4.55. The lowest BCUT2D eigenvalue weighted by Gasteiger charge is -2.40. The average Bonchev–Trinajstić information content (AvgIpc) is 3.26. The van der Waals surface area contributed by atoms with Crippen molar-refractivity contribution in [3.05, 3.63) is 23.3 Å². The van der Waals surface area contributed by atoms with Gasteiger partial charge in [-0.05, 0) is 46.6 Å². The zero-order chi connectivity index (χ0) is 22.0. The summed E-state index contributed by atoms with van der Waals surface area (Å²) in [6, 6.07) is -0.161. The van der Waals surface area contributed by atoms with Crippen LogP contribution in [0.1, 0.15) is 41.0 Å². The van der Waals surface area contributed by atoms with Gasteiger partial charge in [-0.25, -0.2) is 9.59 Å². The van der Waals surface area contributed by atoms with Crippen LogP contribution in [0.2, 0.25) is 0 Å². The Bertz CT molecular complexity index is 694. The molecule has 2 aliphatic heterocycles. The topological polar surface area (TPSA) is 106 Å². The minimum Gasteiger partial charge on any atom is -0.459 e. The predicted molar refractivity (Wildman–Crippen MR) is 106 cm³/mol. The third-order valence-corrected chi connectivity index (χ3v) is 5.98. The molecule has 0 radical (unpaired) electrons. The van der Waals surface area contributed by atoms with Gasteiger partial charge in [0.1, 0.15) is 18.3 Å². The lowest BCUT2D eigenvalue weighted by atomic mass is 9.81. The summed E-state index contributed by atoms with van der Waals surface area (Å²) >= 11 is 0. The van der Waals surface area contributed by atoms with Gasteiger partial charge in [-0.15, -0.1) is 0 Å². The number of carbonyl (C=O) groups excluding carboxylic acids is 2. The molecule has 1 fully saturated rings. The van der Waals surface area contributed by atoms with Crippen LogP contribution in [-0.2, 0) is 23.8 Å². The highest BCUT2D eigenvalue weighted by molar-refractivity contribution is 5.87. The van der Waals surface area contributed by atoms with Crippen molar-refractivity contribution in [2.75, 3.05) is 26.8 Å². The van der Waals surface area contributed by atoms with Crippen molar-refractivity contribution in [1.82, 2.24) is 4.90 Å². The molecule has 0 saturated carbocycles. The Balaban J connectivity index is 2.08. The Labute approximate surface area is 172 Å². The molecule has 2 rings (SSSR count). The zero-order valence-corrected chi connectivity index (χ0v) is 18.1. The SMILES string of the molecule is C/C=C(/C)C(=O)O[C@H]1CCN2CC=C(COC(=O)[C@](O)([C@@H](C)OC)C(C)(C)O)[C@H]12. The van der Waals surface area contributed by atoms with Crippen molar-refractivity contribution in [3.63, 3.8) is 0 Å². The number of rotatable bonds is 8. The van der Waals surface area contributed by atoms with Crippen LogP contribution in [-0.4, -0.2) is 83.3 Å². The average molecular weight is 411 g/mol. The van der Waals surface area contributed by atoms with Gasteiger partial charge >= 0.3 is 11.9 Å². The van der Waals surface area contributed by atoms with E-state index in [0.717, 1.165) is 12.1 Å². The third-order valence-electron chi connectivity index (χ3n) is 5.98. The Morgan fingerprint density at radius 2 is 2.03 bits per heavy atom. The van der Waals surface area contributed by atoms with Gasteiger partial charge in [0.05, 0.1) is 12.1 Å². The molecule has 2 aliphatic rings. The number of hydrogen-bond acceptors (Lipinski definition) is 8. The Morgan fingerprint density at radius 1 is 1.38 bits per heavy atom. The summed E-state index contributed by atoms with van der Waals surface area (Å²) in [5.41, 5.74) is -2.65. The molecule has 0 bridgehead atoms. The fourth-order valence-electron chi connectivity index (χ4n) is 3.82. The van der Waals surface area contributed by atoms with Crippen molar-refractivity contribution in [2.24, 2.45) is 0 Å². The van der Waals surface area contributed by atoms with Crippen molar-refractivity contribution < 1.29 is 34.0 Å². The van der Waals surface area contributed by atoms with Crippen LogP contribution in [0.4, 0.5) is 0 Å². The van der Waals surface area contributed by atoms with Crippen molar-refractivity contribution in [1.29, 1.82) is 0 Å². The minimum absolute atomic E-state index is 0.0640. The van der Waals surface area contributed by atoms with Crippen LogP contribution in [0.25, 0.3) is 0 Å². The molecule has 0 aliphatic carbocycles. The smallest absolute Gasteiger partial charge is 0.344 e. The van der Waals surface area contributed by atoms with Gasteiger partial charge in [0.15, 0.2) is 0 Å². The van der Waals surface area contributed by atoms with Crippen LogP contribution >= 0.6 is 0 Å². The van der Waals surface area contributed by atoms with Gasteiger partial charge in [0.2, 0.25) is 5.60 Å². The fraction of sp³-hybridized carbons (Fsp3) is 0.714. The van der Waals surface area contributed by atoms with E-state index in [2.05, 4.69) is 4.90 Å². The Morgan fingerprint density at radius 3 is 2.59 bits per heavy atom. The molecule has 0 aromatic heterocycles. The fourth-order valence-corrected chi connectivity index (χ4v) is 3.82. The molecular formula is C21H33NO7. The molecule has 2 N–H and O–H groups in total. The van der Waals surface area contributed by atoms with E-state index in [-0.39, 0.29) is 24.7 Å². The molecule has 0 aromatic rings. The molecule has 4 atom stereocenters. The number of nitrogens with zero attached hydrogens (tertiary/aromatic N) is 1. The second-order valence-corrected chi connectivity index (χ2v) is 8.20. The lowest BCUT2D eigenvalue weighted by molar-refractivity contribution is -0.216. The molecule has 2 heterocycles.